The third-order valence-electron chi connectivity index (χ3n) is 6.88. The van der Waals surface area contributed by atoms with Crippen LogP contribution in [0.4, 0.5) is 0 Å². The number of hydrogen-bond donors (Lipinski definition) is 0. The molecule has 1 aliphatic rings. The molecule has 0 spiro atoms. The lowest BCUT2D eigenvalue weighted by Gasteiger charge is -2.17. The Kier molecular flexibility index (Phi) is 6.26. The summed E-state index contributed by atoms with van der Waals surface area (Å²) in [6.07, 6.45) is 9.36. The second-order valence-electron chi connectivity index (χ2n) is 9.16. The van der Waals surface area contributed by atoms with Crippen molar-refractivity contribution < 1.29 is 0 Å². The fourth-order valence-corrected chi connectivity index (χ4v) is 5.51. The summed E-state index contributed by atoms with van der Waals surface area (Å²) in [7, 11) is 0. The molecule has 1 fully saturated rings. The maximum Gasteiger partial charge on any atom is 0.137 e. The number of pyridine rings is 1. The van der Waals surface area contributed by atoms with Gasteiger partial charge < -0.3 is 4.40 Å². The minimum absolute atomic E-state index is 0.516. The van der Waals surface area contributed by atoms with Crippen molar-refractivity contribution in [3.63, 3.8) is 0 Å². The molecule has 0 bridgehead atoms. The van der Waals surface area contributed by atoms with Crippen LogP contribution in [0.15, 0.2) is 66.9 Å². The average Bonchev–Trinajstić information content (AvgIpc) is 3.03. The summed E-state index contributed by atoms with van der Waals surface area (Å²) in [5.74, 6) is 1.20. The number of halogens is 2. The van der Waals surface area contributed by atoms with Crippen molar-refractivity contribution in [2.75, 3.05) is 0 Å². The van der Waals surface area contributed by atoms with Crippen LogP contribution in [-0.2, 0) is 6.42 Å². The van der Waals surface area contributed by atoms with Crippen LogP contribution in [0.25, 0.3) is 16.9 Å². The van der Waals surface area contributed by atoms with Crippen LogP contribution in [0.2, 0.25) is 10.0 Å². The van der Waals surface area contributed by atoms with Gasteiger partial charge in [0.15, 0.2) is 0 Å². The molecule has 0 radical (unpaired) electrons. The van der Waals surface area contributed by atoms with E-state index < -0.39 is 0 Å². The summed E-state index contributed by atoms with van der Waals surface area (Å²) in [6, 6.07) is 21.2. The largest absolute Gasteiger partial charge is 0.303 e. The molecule has 0 amide bonds. The molecule has 4 heteroatoms. The van der Waals surface area contributed by atoms with Crippen LogP contribution in [0.3, 0.4) is 0 Å². The van der Waals surface area contributed by atoms with Crippen molar-refractivity contribution in [3.8, 4) is 11.3 Å². The molecule has 4 aromatic rings. The predicted molar refractivity (Wildman–Crippen MR) is 135 cm³/mol. The molecule has 0 aliphatic heterocycles. The fourth-order valence-electron chi connectivity index (χ4n) is 5.18. The second kappa shape index (κ2) is 9.29. The zero-order chi connectivity index (χ0) is 22.1. The van der Waals surface area contributed by atoms with Gasteiger partial charge in [0.25, 0.3) is 0 Å². The zero-order valence-electron chi connectivity index (χ0n) is 18.4. The van der Waals surface area contributed by atoms with Crippen molar-refractivity contribution >= 4 is 28.8 Å². The number of benzene rings is 2. The van der Waals surface area contributed by atoms with Gasteiger partial charge in [-0.2, -0.15) is 0 Å². The van der Waals surface area contributed by atoms with Crippen LogP contribution in [0, 0.1) is 12.8 Å². The Bertz CT molecular complexity index is 1230. The number of aromatic nitrogens is 2. The van der Waals surface area contributed by atoms with Gasteiger partial charge in [0.2, 0.25) is 0 Å². The van der Waals surface area contributed by atoms with Crippen LogP contribution in [0.5, 0.6) is 0 Å². The van der Waals surface area contributed by atoms with Crippen LogP contribution in [-0.4, -0.2) is 9.38 Å². The first kappa shape index (κ1) is 21.6. The van der Waals surface area contributed by atoms with E-state index in [9.17, 15) is 0 Å². The Hall–Kier alpha value is -2.29. The molecule has 32 heavy (non-hydrogen) atoms. The quantitative estimate of drug-likeness (QED) is 0.277. The maximum absolute atomic E-state index is 6.25. The first-order valence-electron chi connectivity index (χ1n) is 11.6. The van der Waals surface area contributed by atoms with E-state index >= 15 is 0 Å². The lowest BCUT2D eigenvalue weighted by molar-refractivity contribution is 0.453. The highest BCUT2D eigenvalue weighted by molar-refractivity contribution is 6.42. The number of hydrogen-bond acceptors (Lipinski definition) is 1. The van der Waals surface area contributed by atoms with Crippen molar-refractivity contribution in [2.24, 2.45) is 5.92 Å². The van der Waals surface area contributed by atoms with E-state index in [-0.39, 0.29) is 0 Å². The molecule has 164 valence electrons. The van der Waals surface area contributed by atoms with Gasteiger partial charge in [0, 0.05) is 17.7 Å². The van der Waals surface area contributed by atoms with E-state index in [1.165, 1.54) is 54.5 Å². The molecular weight excluding hydrogens is 435 g/mol. The number of aryl methyl sites for hydroxylation is 1. The molecule has 0 saturated heterocycles. The average molecular weight is 463 g/mol. The number of nitrogens with zero attached hydrogens (tertiary/aromatic N) is 2. The van der Waals surface area contributed by atoms with Gasteiger partial charge in [-0.05, 0) is 68.4 Å². The minimum atomic E-state index is 0.516. The summed E-state index contributed by atoms with van der Waals surface area (Å²) < 4.78 is 2.32. The van der Waals surface area contributed by atoms with Gasteiger partial charge in [0.05, 0.1) is 21.4 Å². The Balaban J connectivity index is 1.42. The normalized spacial score (nSPS) is 19.2. The standard InChI is InChI=1S/C28H28Cl2N2/c1-19-8-12-22(13-9-19)27-28(32-16-3-2-7-26(32)31-27)23-6-4-5-20(10-14-23)17-21-11-15-24(29)25(30)18-21/h2-3,7-9,11-13,15-16,18,20,23H,4-6,10,14,17H2,1H3. The first-order valence-corrected chi connectivity index (χ1v) is 12.3. The van der Waals surface area contributed by atoms with Crippen molar-refractivity contribution in [1.29, 1.82) is 0 Å². The Morgan fingerprint density at radius 1 is 0.906 bits per heavy atom. The lowest BCUT2D eigenvalue weighted by Crippen LogP contribution is -2.05. The molecular formula is C28H28Cl2N2. The fraction of sp³-hybridized carbons (Fsp3) is 0.321. The molecule has 2 unspecified atom stereocenters. The SMILES string of the molecule is Cc1ccc(-c2nc3ccccn3c2C2CCCC(Cc3ccc(Cl)c(Cl)c3)CC2)cc1. The molecule has 2 aromatic carbocycles. The van der Waals surface area contributed by atoms with Crippen molar-refractivity contribution in [1.82, 2.24) is 9.38 Å². The van der Waals surface area contributed by atoms with Gasteiger partial charge in [-0.15, -0.1) is 0 Å². The number of fused-ring (bicyclic) bond motifs is 1. The molecule has 5 rings (SSSR count). The molecule has 1 aliphatic carbocycles. The number of imidazole rings is 1. The zero-order valence-corrected chi connectivity index (χ0v) is 19.9. The van der Waals surface area contributed by atoms with E-state index in [1.54, 1.807) is 0 Å². The van der Waals surface area contributed by atoms with Gasteiger partial charge >= 0.3 is 0 Å². The van der Waals surface area contributed by atoms with Crippen molar-refractivity contribution in [3.05, 3.63) is 93.7 Å². The molecule has 0 N–H and O–H groups in total. The van der Waals surface area contributed by atoms with Gasteiger partial charge in [-0.3, -0.25) is 0 Å². The van der Waals surface area contributed by atoms with Crippen LogP contribution in [0.1, 0.15) is 54.8 Å². The summed E-state index contributed by atoms with van der Waals surface area (Å²) >= 11 is 12.4. The molecule has 2 heterocycles. The predicted octanol–water partition coefficient (Wildman–Crippen LogP) is 8.52. The van der Waals surface area contributed by atoms with Gasteiger partial charge in [-0.1, -0.05) is 78.0 Å². The molecule has 2 aromatic heterocycles. The van der Waals surface area contributed by atoms with E-state index in [1.807, 2.05) is 12.1 Å². The maximum atomic E-state index is 6.25. The van der Waals surface area contributed by atoms with E-state index in [0.29, 0.717) is 21.9 Å². The second-order valence-corrected chi connectivity index (χ2v) is 9.98. The minimum Gasteiger partial charge on any atom is -0.303 e. The number of rotatable bonds is 4. The summed E-state index contributed by atoms with van der Waals surface area (Å²) in [5.41, 5.74) is 7.33. The summed E-state index contributed by atoms with van der Waals surface area (Å²) in [6.45, 7) is 2.13. The molecule has 1 saturated carbocycles. The van der Waals surface area contributed by atoms with Gasteiger partial charge in [-0.25, -0.2) is 4.98 Å². The van der Waals surface area contributed by atoms with Crippen LogP contribution < -0.4 is 0 Å². The monoisotopic (exact) mass is 462 g/mol. The Morgan fingerprint density at radius 2 is 1.75 bits per heavy atom. The highest BCUT2D eigenvalue weighted by atomic mass is 35.5. The van der Waals surface area contributed by atoms with Crippen LogP contribution >= 0.6 is 23.2 Å². The topological polar surface area (TPSA) is 17.3 Å². The smallest absolute Gasteiger partial charge is 0.137 e. The third-order valence-corrected chi connectivity index (χ3v) is 7.61. The molecule has 2 nitrogen and oxygen atoms in total. The van der Waals surface area contributed by atoms with E-state index in [2.05, 4.69) is 66.1 Å². The summed E-state index contributed by atoms with van der Waals surface area (Å²) in [4.78, 5) is 5.06. The highest BCUT2D eigenvalue weighted by Crippen LogP contribution is 2.40. The van der Waals surface area contributed by atoms with Gasteiger partial charge in [0.1, 0.15) is 5.65 Å². The summed E-state index contributed by atoms with van der Waals surface area (Å²) in [5, 5.41) is 1.29. The Morgan fingerprint density at radius 3 is 2.56 bits per heavy atom. The van der Waals surface area contributed by atoms with Crippen molar-refractivity contribution in [2.45, 2.75) is 51.4 Å². The van der Waals surface area contributed by atoms with E-state index in [0.717, 1.165) is 17.8 Å². The highest BCUT2D eigenvalue weighted by Gasteiger charge is 2.26. The third kappa shape index (κ3) is 4.44. The lowest BCUT2D eigenvalue weighted by atomic mass is 9.90. The Labute approximate surface area is 200 Å². The van der Waals surface area contributed by atoms with E-state index in [4.69, 9.17) is 28.2 Å². The molecule has 2 atom stereocenters. The first-order chi connectivity index (χ1) is 15.6.